The average molecular weight is 418 g/mol. The van der Waals surface area contributed by atoms with Crippen LogP contribution in [0.25, 0.3) is 0 Å². The van der Waals surface area contributed by atoms with Crippen LogP contribution in [0.1, 0.15) is 34.9 Å². The first-order chi connectivity index (χ1) is 14.4. The van der Waals surface area contributed by atoms with Crippen molar-refractivity contribution in [1.82, 2.24) is 0 Å². The summed E-state index contributed by atoms with van der Waals surface area (Å²) in [6.07, 6.45) is 1.88. The SMILES string of the molecule is C=C[C@H]1c2ccccc2N(S(=O)(=O)c2ccc(C)cc2)C(=O)C[C@@H]1c1ccccc1. The van der Waals surface area contributed by atoms with Gasteiger partial charge in [0.2, 0.25) is 5.91 Å². The Morgan fingerprint density at radius 3 is 2.23 bits per heavy atom. The molecule has 5 heteroatoms. The predicted octanol–water partition coefficient (Wildman–Crippen LogP) is 5.17. The smallest absolute Gasteiger partial charge is 0.270 e. The Kier molecular flexibility index (Phi) is 5.31. The number of amides is 1. The van der Waals surface area contributed by atoms with Crippen LogP contribution in [0.4, 0.5) is 5.69 Å². The summed E-state index contributed by atoms with van der Waals surface area (Å²) in [5.74, 6) is -0.831. The van der Waals surface area contributed by atoms with Crippen molar-refractivity contribution >= 4 is 21.6 Å². The third-order valence-electron chi connectivity index (χ3n) is 5.61. The number of allylic oxidation sites excluding steroid dienone is 1. The number of hydrogen-bond donors (Lipinski definition) is 0. The zero-order valence-electron chi connectivity index (χ0n) is 16.7. The highest BCUT2D eigenvalue weighted by atomic mass is 32.2. The molecule has 152 valence electrons. The molecule has 2 atom stereocenters. The molecule has 0 saturated carbocycles. The van der Waals surface area contributed by atoms with Crippen LogP contribution in [0.15, 0.2) is 96.4 Å². The van der Waals surface area contributed by atoms with E-state index in [-0.39, 0.29) is 23.2 Å². The molecule has 3 aromatic rings. The normalized spacial score (nSPS) is 19.1. The van der Waals surface area contributed by atoms with E-state index in [0.717, 1.165) is 21.0 Å². The van der Waals surface area contributed by atoms with Crippen LogP contribution < -0.4 is 4.31 Å². The van der Waals surface area contributed by atoms with Crippen molar-refractivity contribution < 1.29 is 13.2 Å². The fourth-order valence-electron chi connectivity index (χ4n) is 4.10. The van der Waals surface area contributed by atoms with Crippen molar-refractivity contribution in [3.63, 3.8) is 0 Å². The quantitative estimate of drug-likeness (QED) is 0.550. The maximum atomic E-state index is 13.5. The highest BCUT2D eigenvalue weighted by Gasteiger charge is 2.40. The zero-order chi connectivity index (χ0) is 21.3. The number of carbonyl (C=O) groups excluding carboxylic acids is 1. The summed E-state index contributed by atoms with van der Waals surface area (Å²) in [5, 5.41) is 0. The molecular weight excluding hydrogens is 394 g/mol. The van der Waals surface area contributed by atoms with E-state index < -0.39 is 15.9 Å². The first-order valence-electron chi connectivity index (χ1n) is 9.84. The zero-order valence-corrected chi connectivity index (χ0v) is 17.5. The molecule has 0 spiro atoms. The molecule has 0 unspecified atom stereocenters. The first kappa shape index (κ1) is 20.1. The molecule has 0 N–H and O–H groups in total. The number of benzene rings is 3. The standard InChI is InChI=1S/C25H23NO3S/c1-3-21-22-11-7-8-12-24(22)26(30(28,29)20-15-13-18(2)14-16-20)25(27)17-23(21)19-9-5-4-6-10-19/h3-16,21,23H,1,17H2,2H3/t21-,23+/m0/s1. The van der Waals surface area contributed by atoms with Gasteiger partial charge < -0.3 is 0 Å². The molecule has 0 saturated heterocycles. The van der Waals surface area contributed by atoms with Crippen LogP contribution in [0.2, 0.25) is 0 Å². The molecule has 0 radical (unpaired) electrons. The van der Waals surface area contributed by atoms with Crippen LogP contribution in [0.5, 0.6) is 0 Å². The van der Waals surface area contributed by atoms with Gasteiger partial charge in [0, 0.05) is 18.3 Å². The molecule has 0 bridgehead atoms. The minimum absolute atomic E-state index is 0.0699. The Hall–Kier alpha value is -3.18. The van der Waals surface area contributed by atoms with Gasteiger partial charge in [-0.1, -0.05) is 72.3 Å². The number of rotatable bonds is 4. The Morgan fingerprint density at radius 1 is 0.933 bits per heavy atom. The van der Waals surface area contributed by atoms with Crippen molar-refractivity contribution in [1.29, 1.82) is 0 Å². The minimum atomic E-state index is -4.05. The number of anilines is 1. The van der Waals surface area contributed by atoms with E-state index in [9.17, 15) is 13.2 Å². The summed E-state index contributed by atoms with van der Waals surface area (Å²) in [5.41, 5.74) is 3.11. The number of hydrogen-bond acceptors (Lipinski definition) is 3. The van der Waals surface area contributed by atoms with Gasteiger partial charge in [0.15, 0.2) is 0 Å². The van der Waals surface area contributed by atoms with E-state index in [1.54, 1.807) is 36.4 Å². The van der Waals surface area contributed by atoms with Crippen molar-refractivity contribution in [2.75, 3.05) is 4.31 Å². The number of carbonyl (C=O) groups is 1. The lowest BCUT2D eigenvalue weighted by atomic mass is 9.80. The fraction of sp³-hybridized carbons (Fsp3) is 0.160. The van der Waals surface area contributed by atoms with Gasteiger partial charge in [-0.2, -0.15) is 0 Å². The second kappa shape index (κ2) is 7.92. The molecule has 30 heavy (non-hydrogen) atoms. The second-order valence-electron chi connectivity index (χ2n) is 7.52. The lowest BCUT2D eigenvalue weighted by molar-refractivity contribution is -0.117. The van der Waals surface area contributed by atoms with Crippen LogP contribution in [0.3, 0.4) is 0 Å². The minimum Gasteiger partial charge on any atom is -0.273 e. The Bertz CT molecular complexity index is 1180. The molecule has 1 aliphatic heterocycles. The summed E-state index contributed by atoms with van der Waals surface area (Å²) in [7, 11) is -4.05. The van der Waals surface area contributed by atoms with Gasteiger partial charge in [0.1, 0.15) is 0 Å². The molecule has 4 rings (SSSR count). The summed E-state index contributed by atoms with van der Waals surface area (Å²) >= 11 is 0. The van der Waals surface area contributed by atoms with Crippen LogP contribution in [-0.4, -0.2) is 14.3 Å². The summed E-state index contributed by atoms with van der Waals surface area (Å²) in [6.45, 7) is 5.89. The molecule has 3 aromatic carbocycles. The van der Waals surface area contributed by atoms with Gasteiger partial charge in [-0.05, 0) is 36.2 Å². The molecule has 1 aliphatic rings. The third-order valence-corrected chi connectivity index (χ3v) is 7.36. The maximum Gasteiger partial charge on any atom is 0.270 e. The Balaban J connectivity index is 1.90. The van der Waals surface area contributed by atoms with Gasteiger partial charge in [0.25, 0.3) is 10.0 Å². The van der Waals surface area contributed by atoms with E-state index in [0.29, 0.717) is 5.69 Å². The van der Waals surface area contributed by atoms with Gasteiger partial charge in [-0.3, -0.25) is 4.79 Å². The number of fused-ring (bicyclic) bond motifs is 1. The Labute approximate surface area is 177 Å². The Morgan fingerprint density at radius 2 is 1.57 bits per heavy atom. The number of para-hydroxylation sites is 1. The summed E-state index contributed by atoms with van der Waals surface area (Å²) < 4.78 is 28.1. The van der Waals surface area contributed by atoms with Gasteiger partial charge >= 0.3 is 0 Å². The molecule has 0 fully saturated rings. The van der Waals surface area contributed by atoms with E-state index in [4.69, 9.17) is 0 Å². The third kappa shape index (κ3) is 3.46. The highest BCUT2D eigenvalue weighted by molar-refractivity contribution is 7.93. The van der Waals surface area contributed by atoms with E-state index >= 15 is 0 Å². The van der Waals surface area contributed by atoms with Crippen LogP contribution in [-0.2, 0) is 14.8 Å². The second-order valence-corrected chi connectivity index (χ2v) is 9.30. The monoisotopic (exact) mass is 417 g/mol. The lowest BCUT2D eigenvalue weighted by Crippen LogP contribution is -2.37. The van der Waals surface area contributed by atoms with Gasteiger partial charge in [-0.25, -0.2) is 12.7 Å². The van der Waals surface area contributed by atoms with E-state index in [2.05, 4.69) is 6.58 Å². The molecule has 4 nitrogen and oxygen atoms in total. The number of sulfonamides is 1. The number of nitrogens with zero attached hydrogens (tertiary/aromatic N) is 1. The predicted molar refractivity (Wildman–Crippen MR) is 119 cm³/mol. The van der Waals surface area contributed by atoms with Gasteiger partial charge in [0.05, 0.1) is 10.6 Å². The lowest BCUT2D eigenvalue weighted by Gasteiger charge is -2.24. The van der Waals surface area contributed by atoms with Crippen molar-refractivity contribution in [2.45, 2.75) is 30.1 Å². The summed E-state index contributed by atoms with van der Waals surface area (Å²) in [6, 6.07) is 23.5. The maximum absolute atomic E-state index is 13.5. The van der Waals surface area contributed by atoms with Crippen molar-refractivity contribution in [2.24, 2.45) is 0 Å². The van der Waals surface area contributed by atoms with Crippen LogP contribution >= 0.6 is 0 Å². The molecule has 0 aromatic heterocycles. The fourth-order valence-corrected chi connectivity index (χ4v) is 5.56. The average Bonchev–Trinajstić information content (AvgIpc) is 2.88. The summed E-state index contributed by atoms with van der Waals surface area (Å²) in [4.78, 5) is 13.5. The van der Waals surface area contributed by atoms with Crippen molar-refractivity contribution in [3.05, 3.63) is 108 Å². The van der Waals surface area contributed by atoms with Crippen LogP contribution in [0, 0.1) is 6.92 Å². The first-order valence-corrected chi connectivity index (χ1v) is 11.3. The molecular formula is C25H23NO3S. The van der Waals surface area contributed by atoms with Gasteiger partial charge in [-0.15, -0.1) is 6.58 Å². The van der Waals surface area contributed by atoms with Crippen molar-refractivity contribution in [3.8, 4) is 0 Å². The molecule has 1 amide bonds. The molecule has 1 heterocycles. The van der Waals surface area contributed by atoms with E-state index in [1.807, 2.05) is 55.5 Å². The van der Waals surface area contributed by atoms with E-state index in [1.165, 1.54) is 0 Å². The number of aryl methyl sites for hydroxylation is 1. The molecule has 0 aliphatic carbocycles. The highest BCUT2D eigenvalue weighted by Crippen LogP contribution is 2.45. The largest absolute Gasteiger partial charge is 0.273 e. The topological polar surface area (TPSA) is 54.5 Å².